The molecule has 0 saturated carbocycles. The van der Waals surface area contributed by atoms with Crippen molar-refractivity contribution in [2.24, 2.45) is 0 Å². The first kappa shape index (κ1) is 14.0. The fourth-order valence-corrected chi connectivity index (χ4v) is 3.32. The zero-order valence-corrected chi connectivity index (χ0v) is 13.0. The standard InChI is InChI=1S/C17H18N4O2/c1-10-8-21(13-6-5-11-3-2-4-12(11)7-13)17(22)14-15(18)19-9-20-16(14)23-10/h5-7,9-10H,2-4,8H2,1H3,(H2,18,19,20)/t10-/m1/s1. The van der Waals surface area contributed by atoms with Gasteiger partial charge in [-0.25, -0.2) is 9.97 Å². The SMILES string of the molecule is C[C@@H]1CN(c2ccc3c(c2)CCC3)C(=O)c2c(N)ncnc2O1. The molecule has 0 radical (unpaired) electrons. The summed E-state index contributed by atoms with van der Waals surface area (Å²) in [5.74, 6) is 0.208. The molecule has 2 heterocycles. The van der Waals surface area contributed by atoms with Gasteiger partial charge in [0.25, 0.3) is 5.91 Å². The molecular formula is C17H18N4O2. The topological polar surface area (TPSA) is 81.3 Å². The Morgan fingerprint density at radius 2 is 2.09 bits per heavy atom. The molecular weight excluding hydrogens is 292 g/mol. The number of anilines is 2. The van der Waals surface area contributed by atoms with Gasteiger partial charge in [0.1, 0.15) is 23.8 Å². The first-order valence-electron chi connectivity index (χ1n) is 7.84. The largest absolute Gasteiger partial charge is 0.472 e. The van der Waals surface area contributed by atoms with Gasteiger partial charge in [-0.05, 0) is 49.4 Å². The van der Waals surface area contributed by atoms with Crippen molar-refractivity contribution in [2.45, 2.75) is 32.3 Å². The number of aromatic nitrogens is 2. The summed E-state index contributed by atoms with van der Waals surface area (Å²) < 4.78 is 5.76. The van der Waals surface area contributed by atoms with E-state index in [2.05, 4.69) is 22.1 Å². The number of nitrogen functional groups attached to an aromatic ring is 1. The first-order valence-corrected chi connectivity index (χ1v) is 7.84. The summed E-state index contributed by atoms with van der Waals surface area (Å²) in [4.78, 5) is 22.7. The number of ether oxygens (including phenoxy) is 1. The summed E-state index contributed by atoms with van der Waals surface area (Å²) >= 11 is 0. The summed E-state index contributed by atoms with van der Waals surface area (Å²) in [7, 11) is 0. The van der Waals surface area contributed by atoms with Crippen LogP contribution in [0.15, 0.2) is 24.5 Å². The van der Waals surface area contributed by atoms with Gasteiger partial charge in [-0.1, -0.05) is 6.07 Å². The maximum absolute atomic E-state index is 13.0. The van der Waals surface area contributed by atoms with E-state index in [9.17, 15) is 4.79 Å². The zero-order chi connectivity index (χ0) is 16.0. The second kappa shape index (κ2) is 5.22. The van der Waals surface area contributed by atoms with Crippen molar-refractivity contribution in [1.82, 2.24) is 9.97 Å². The van der Waals surface area contributed by atoms with Gasteiger partial charge < -0.3 is 15.4 Å². The molecule has 1 amide bonds. The van der Waals surface area contributed by atoms with Gasteiger partial charge in [0.05, 0.1) is 6.54 Å². The zero-order valence-electron chi connectivity index (χ0n) is 13.0. The number of aryl methyl sites for hydroxylation is 2. The van der Waals surface area contributed by atoms with E-state index in [1.807, 2.05) is 13.0 Å². The van der Waals surface area contributed by atoms with E-state index in [0.717, 1.165) is 18.5 Å². The molecule has 1 aliphatic heterocycles. The van der Waals surface area contributed by atoms with Crippen LogP contribution in [-0.4, -0.2) is 28.5 Å². The second-order valence-corrected chi connectivity index (χ2v) is 6.09. The van der Waals surface area contributed by atoms with Gasteiger partial charge in [0.2, 0.25) is 5.88 Å². The second-order valence-electron chi connectivity index (χ2n) is 6.09. The van der Waals surface area contributed by atoms with Crippen LogP contribution < -0.4 is 15.4 Å². The molecule has 118 valence electrons. The number of fused-ring (bicyclic) bond motifs is 2. The molecule has 0 saturated heterocycles. The third-order valence-electron chi connectivity index (χ3n) is 4.45. The molecule has 2 aliphatic rings. The molecule has 2 N–H and O–H groups in total. The van der Waals surface area contributed by atoms with Gasteiger partial charge >= 0.3 is 0 Å². The molecule has 1 aromatic carbocycles. The van der Waals surface area contributed by atoms with E-state index >= 15 is 0 Å². The van der Waals surface area contributed by atoms with Gasteiger partial charge in [-0.15, -0.1) is 0 Å². The number of nitrogens with zero attached hydrogens (tertiary/aromatic N) is 3. The fraction of sp³-hybridized carbons (Fsp3) is 0.353. The fourth-order valence-electron chi connectivity index (χ4n) is 3.32. The number of amides is 1. The molecule has 2 aromatic rings. The molecule has 1 aliphatic carbocycles. The van der Waals surface area contributed by atoms with Crippen molar-refractivity contribution in [1.29, 1.82) is 0 Å². The number of rotatable bonds is 1. The number of nitrogens with two attached hydrogens (primary N) is 1. The molecule has 6 heteroatoms. The molecule has 0 spiro atoms. The van der Waals surface area contributed by atoms with E-state index in [4.69, 9.17) is 10.5 Å². The number of carbonyl (C=O) groups is 1. The lowest BCUT2D eigenvalue weighted by molar-refractivity contribution is 0.0988. The van der Waals surface area contributed by atoms with Crippen LogP contribution in [0.2, 0.25) is 0 Å². The van der Waals surface area contributed by atoms with Crippen LogP contribution in [0, 0.1) is 0 Å². The average molecular weight is 310 g/mol. The monoisotopic (exact) mass is 310 g/mol. The third kappa shape index (κ3) is 2.30. The van der Waals surface area contributed by atoms with Crippen LogP contribution >= 0.6 is 0 Å². The Morgan fingerprint density at radius 1 is 1.26 bits per heavy atom. The Hall–Kier alpha value is -2.63. The minimum absolute atomic E-state index is 0.153. The predicted molar refractivity (Wildman–Crippen MR) is 86.7 cm³/mol. The molecule has 0 fully saturated rings. The Bertz CT molecular complexity index is 790. The molecule has 1 atom stereocenters. The van der Waals surface area contributed by atoms with Gasteiger partial charge in [-0.2, -0.15) is 0 Å². The van der Waals surface area contributed by atoms with Crippen molar-refractivity contribution < 1.29 is 9.53 Å². The van der Waals surface area contributed by atoms with Crippen LogP contribution in [0.25, 0.3) is 0 Å². The molecule has 4 rings (SSSR count). The van der Waals surface area contributed by atoms with Crippen LogP contribution in [0.1, 0.15) is 34.8 Å². The summed E-state index contributed by atoms with van der Waals surface area (Å²) in [5.41, 5.74) is 9.73. The van der Waals surface area contributed by atoms with Gasteiger partial charge in [-0.3, -0.25) is 4.79 Å². The molecule has 1 aromatic heterocycles. The quantitative estimate of drug-likeness (QED) is 0.871. The van der Waals surface area contributed by atoms with Crippen molar-refractivity contribution in [3.8, 4) is 5.88 Å². The first-order chi connectivity index (χ1) is 11.1. The van der Waals surface area contributed by atoms with E-state index in [0.29, 0.717) is 6.54 Å². The summed E-state index contributed by atoms with van der Waals surface area (Å²) in [6, 6.07) is 6.23. The highest BCUT2D eigenvalue weighted by Gasteiger charge is 2.31. The Balaban J connectivity index is 1.79. The van der Waals surface area contributed by atoms with Crippen LogP contribution in [-0.2, 0) is 12.8 Å². The summed E-state index contributed by atoms with van der Waals surface area (Å²) in [6.07, 6.45) is 4.50. The summed E-state index contributed by atoms with van der Waals surface area (Å²) in [6.45, 7) is 2.37. The van der Waals surface area contributed by atoms with Crippen LogP contribution in [0.3, 0.4) is 0 Å². The number of benzene rings is 1. The highest BCUT2D eigenvalue weighted by atomic mass is 16.5. The van der Waals surface area contributed by atoms with Gasteiger partial charge in [0, 0.05) is 5.69 Å². The Labute approximate surface area is 134 Å². The van der Waals surface area contributed by atoms with E-state index in [-0.39, 0.29) is 29.3 Å². The minimum atomic E-state index is -0.208. The van der Waals surface area contributed by atoms with Crippen LogP contribution in [0.5, 0.6) is 5.88 Å². The number of carbonyl (C=O) groups excluding carboxylic acids is 1. The van der Waals surface area contributed by atoms with Crippen molar-refractivity contribution in [3.05, 3.63) is 41.2 Å². The Kier molecular flexibility index (Phi) is 3.18. The Morgan fingerprint density at radius 3 is 2.96 bits per heavy atom. The van der Waals surface area contributed by atoms with Gasteiger partial charge in [0.15, 0.2) is 0 Å². The normalized spacial score (nSPS) is 19.8. The van der Waals surface area contributed by atoms with Crippen LogP contribution in [0.4, 0.5) is 11.5 Å². The predicted octanol–water partition coefficient (Wildman–Crippen LogP) is 1.98. The van der Waals surface area contributed by atoms with Crippen molar-refractivity contribution in [3.63, 3.8) is 0 Å². The van der Waals surface area contributed by atoms with Crippen molar-refractivity contribution in [2.75, 3.05) is 17.2 Å². The minimum Gasteiger partial charge on any atom is -0.472 e. The third-order valence-corrected chi connectivity index (χ3v) is 4.45. The maximum Gasteiger partial charge on any atom is 0.267 e. The molecule has 6 nitrogen and oxygen atoms in total. The lowest BCUT2D eigenvalue weighted by Gasteiger charge is -2.23. The number of hydrogen-bond donors (Lipinski definition) is 1. The smallest absolute Gasteiger partial charge is 0.267 e. The lowest BCUT2D eigenvalue weighted by atomic mass is 10.1. The average Bonchev–Trinajstić information content (AvgIpc) is 2.94. The molecule has 0 unspecified atom stereocenters. The highest BCUT2D eigenvalue weighted by molar-refractivity contribution is 6.10. The van der Waals surface area contributed by atoms with E-state index < -0.39 is 0 Å². The lowest BCUT2D eigenvalue weighted by Crippen LogP contribution is -2.36. The maximum atomic E-state index is 13.0. The van der Waals surface area contributed by atoms with Crippen molar-refractivity contribution >= 4 is 17.4 Å². The molecule has 23 heavy (non-hydrogen) atoms. The summed E-state index contributed by atoms with van der Waals surface area (Å²) in [5, 5.41) is 0. The van der Waals surface area contributed by atoms with E-state index in [1.54, 1.807) is 4.90 Å². The molecule has 0 bridgehead atoms. The van der Waals surface area contributed by atoms with E-state index in [1.165, 1.54) is 23.9 Å². The highest BCUT2D eigenvalue weighted by Crippen LogP contribution is 2.32. The number of hydrogen-bond acceptors (Lipinski definition) is 5.